The quantitative estimate of drug-likeness (QED) is 0.872. The van der Waals surface area contributed by atoms with Gasteiger partial charge < -0.3 is 5.11 Å². The molecule has 0 bridgehead atoms. The average Bonchev–Trinajstić information content (AvgIpc) is 2.39. The van der Waals surface area contributed by atoms with Crippen LogP contribution < -0.4 is 0 Å². The van der Waals surface area contributed by atoms with Gasteiger partial charge in [-0.2, -0.15) is 0 Å². The van der Waals surface area contributed by atoms with E-state index in [1.54, 1.807) is 6.07 Å². The van der Waals surface area contributed by atoms with Crippen molar-refractivity contribution >= 4 is 0 Å². The minimum atomic E-state index is -0.697. The highest BCUT2D eigenvalue weighted by molar-refractivity contribution is 5.37. The third-order valence-electron chi connectivity index (χ3n) is 3.33. The molecule has 1 unspecified atom stereocenters. The zero-order chi connectivity index (χ0) is 13.8. The molecule has 2 rings (SSSR count). The van der Waals surface area contributed by atoms with Gasteiger partial charge in [0.1, 0.15) is 11.9 Å². The van der Waals surface area contributed by atoms with Crippen LogP contribution in [0.25, 0.3) is 0 Å². The van der Waals surface area contributed by atoms with E-state index in [1.165, 1.54) is 17.7 Å². The normalized spacial score (nSPS) is 12.4. The predicted octanol–water partition coefficient (Wildman–Crippen LogP) is 4.17. The monoisotopic (exact) mass is 258 g/mol. The Kier molecular flexibility index (Phi) is 4.33. The number of hydrogen-bond acceptors (Lipinski definition) is 1. The molecule has 19 heavy (non-hydrogen) atoms. The van der Waals surface area contributed by atoms with E-state index in [0.29, 0.717) is 0 Å². The van der Waals surface area contributed by atoms with Crippen molar-refractivity contribution < 1.29 is 9.50 Å². The number of aryl methyl sites for hydroxylation is 2. The third kappa shape index (κ3) is 3.21. The minimum absolute atomic E-state index is 0.270. The lowest BCUT2D eigenvalue weighted by molar-refractivity contribution is 0.219. The van der Waals surface area contributed by atoms with Gasteiger partial charge in [0.2, 0.25) is 0 Å². The smallest absolute Gasteiger partial charge is 0.123 e. The number of rotatable bonds is 4. The van der Waals surface area contributed by atoms with Crippen LogP contribution in [-0.4, -0.2) is 5.11 Å². The van der Waals surface area contributed by atoms with Gasteiger partial charge in [0.25, 0.3) is 0 Å². The van der Waals surface area contributed by atoms with Gasteiger partial charge >= 0.3 is 0 Å². The van der Waals surface area contributed by atoms with E-state index in [9.17, 15) is 9.50 Å². The van der Waals surface area contributed by atoms with E-state index in [2.05, 4.69) is 13.0 Å². The molecule has 0 amide bonds. The second kappa shape index (κ2) is 5.98. The van der Waals surface area contributed by atoms with E-state index < -0.39 is 6.10 Å². The molecule has 2 heteroatoms. The molecule has 0 saturated heterocycles. The molecule has 0 saturated carbocycles. The summed E-state index contributed by atoms with van der Waals surface area (Å²) in [6.07, 6.45) is 1.38. The summed E-state index contributed by atoms with van der Waals surface area (Å²) in [4.78, 5) is 0. The first-order chi connectivity index (χ1) is 9.11. The van der Waals surface area contributed by atoms with Crippen molar-refractivity contribution in [3.63, 3.8) is 0 Å². The van der Waals surface area contributed by atoms with Gasteiger partial charge in [-0.15, -0.1) is 0 Å². The van der Waals surface area contributed by atoms with Gasteiger partial charge in [0, 0.05) is 0 Å². The Bertz CT molecular complexity index is 563. The largest absolute Gasteiger partial charge is 0.384 e. The molecule has 2 aromatic rings. The summed E-state index contributed by atoms with van der Waals surface area (Å²) in [6.45, 7) is 3.95. The average molecular weight is 258 g/mol. The molecule has 1 nitrogen and oxygen atoms in total. The van der Waals surface area contributed by atoms with Crippen molar-refractivity contribution in [2.24, 2.45) is 0 Å². The molecule has 0 aliphatic rings. The Morgan fingerprint density at radius 1 is 1.16 bits per heavy atom. The fourth-order valence-electron chi connectivity index (χ4n) is 2.33. The van der Waals surface area contributed by atoms with Gasteiger partial charge in [-0.3, -0.25) is 0 Å². The molecule has 1 atom stereocenters. The Balaban J connectivity index is 2.32. The fourth-order valence-corrected chi connectivity index (χ4v) is 2.33. The Labute approximate surface area is 113 Å². The maximum absolute atomic E-state index is 13.1. The molecule has 2 aromatic carbocycles. The summed E-state index contributed by atoms with van der Waals surface area (Å²) >= 11 is 0. The second-order valence-electron chi connectivity index (χ2n) is 4.90. The SMILES string of the molecule is CCCc1cccc(C(O)c2ccc(F)cc2C)c1. The molecule has 1 N–H and O–H groups in total. The van der Waals surface area contributed by atoms with Crippen LogP contribution in [0.3, 0.4) is 0 Å². The summed E-state index contributed by atoms with van der Waals surface area (Å²) in [6, 6.07) is 12.5. The van der Waals surface area contributed by atoms with Crippen LogP contribution in [0.1, 0.15) is 41.7 Å². The summed E-state index contributed by atoms with van der Waals surface area (Å²) in [5.74, 6) is -0.270. The predicted molar refractivity (Wildman–Crippen MR) is 75.6 cm³/mol. The molecular weight excluding hydrogens is 239 g/mol. The van der Waals surface area contributed by atoms with Crippen LogP contribution >= 0.6 is 0 Å². The number of halogens is 1. The van der Waals surface area contributed by atoms with Crippen LogP contribution in [-0.2, 0) is 6.42 Å². The fraction of sp³-hybridized carbons (Fsp3) is 0.294. The molecule has 100 valence electrons. The first-order valence-corrected chi connectivity index (χ1v) is 6.64. The first-order valence-electron chi connectivity index (χ1n) is 6.64. The lowest BCUT2D eigenvalue weighted by Crippen LogP contribution is -2.03. The van der Waals surface area contributed by atoms with E-state index in [-0.39, 0.29) is 5.82 Å². The van der Waals surface area contributed by atoms with Crippen molar-refractivity contribution in [1.82, 2.24) is 0 Å². The van der Waals surface area contributed by atoms with E-state index in [4.69, 9.17) is 0 Å². The van der Waals surface area contributed by atoms with Crippen molar-refractivity contribution in [2.75, 3.05) is 0 Å². The minimum Gasteiger partial charge on any atom is -0.384 e. The maximum atomic E-state index is 13.1. The summed E-state index contributed by atoms with van der Waals surface area (Å²) in [7, 11) is 0. The van der Waals surface area contributed by atoms with E-state index in [1.807, 2.05) is 25.1 Å². The highest BCUT2D eigenvalue weighted by Crippen LogP contribution is 2.26. The number of aliphatic hydroxyl groups excluding tert-OH is 1. The van der Waals surface area contributed by atoms with E-state index >= 15 is 0 Å². The molecule has 0 radical (unpaired) electrons. The zero-order valence-corrected chi connectivity index (χ0v) is 11.4. The van der Waals surface area contributed by atoms with Gasteiger partial charge in [-0.25, -0.2) is 4.39 Å². The van der Waals surface area contributed by atoms with Crippen LogP contribution in [0.4, 0.5) is 4.39 Å². The summed E-state index contributed by atoms with van der Waals surface area (Å²) in [5, 5.41) is 10.4. The molecule has 0 aliphatic heterocycles. The number of benzene rings is 2. The molecule has 0 heterocycles. The van der Waals surface area contributed by atoms with Gasteiger partial charge in [-0.1, -0.05) is 43.7 Å². The van der Waals surface area contributed by atoms with Gasteiger partial charge in [0.05, 0.1) is 0 Å². The standard InChI is InChI=1S/C17H19FO/c1-3-5-13-6-4-7-14(11-13)17(19)16-9-8-15(18)10-12(16)2/h4,6-11,17,19H,3,5H2,1-2H3. The van der Waals surface area contributed by atoms with Crippen LogP contribution in [0.15, 0.2) is 42.5 Å². The number of aliphatic hydroxyl groups is 1. The molecule has 0 aromatic heterocycles. The van der Waals surface area contributed by atoms with Crippen molar-refractivity contribution in [2.45, 2.75) is 32.8 Å². The van der Waals surface area contributed by atoms with Crippen molar-refractivity contribution in [3.8, 4) is 0 Å². The Morgan fingerprint density at radius 2 is 1.95 bits per heavy atom. The van der Waals surface area contributed by atoms with Crippen LogP contribution in [0.2, 0.25) is 0 Å². The Morgan fingerprint density at radius 3 is 2.63 bits per heavy atom. The lowest BCUT2D eigenvalue weighted by atomic mass is 9.95. The highest BCUT2D eigenvalue weighted by atomic mass is 19.1. The zero-order valence-electron chi connectivity index (χ0n) is 11.4. The number of hydrogen-bond donors (Lipinski definition) is 1. The van der Waals surface area contributed by atoms with Gasteiger partial charge in [0.15, 0.2) is 0 Å². The van der Waals surface area contributed by atoms with Gasteiger partial charge in [-0.05, 0) is 47.7 Å². The van der Waals surface area contributed by atoms with Crippen molar-refractivity contribution in [1.29, 1.82) is 0 Å². The van der Waals surface area contributed by atoms with Crippen LogP contribution in [0.5, 0.6) is 0 Å². The third-order valence-corrected chi connectivity index (χ3v) is 3.33. The van der Waals surface area contributed by atoms with E-state index in [0.717, 1.165) is 29.5 Å². The van der Waals surface area contributed by atoms with Crippen molar-refractivity contribution in [3.05, 3.63) is 70.5 Å². The molecule has 0 aliphatic carbocycles. The second-order valence-corrected chi connectivity index (χ2v) is 4.90. The topological polar surface area (TPSA) is 20.2 Å². The summed E-state index contributed by atoms with van der Waals surface area (Å²) in [5.41, 5.74) is 3.61. The molecule has 0 spiro atoms. The Hall–Kier alpha value is -1.67. The molecular formula is C17H19FO. The summed E-state index contributed by atoms with van der Waals surface area (Å²) < 4.78 is 13.1. The lowest BCUT2D eigenvalue weighted by Gasteiger charge is -2.15. The van der Waals surface area contributed by atoms with Crippen LogP contribution in [0, 0.1) is 12.7 Å². The first kappa shape index (κ1) is 13.8. The molecule has 0 fully saturated rings. The maximum Gasteiger partial charge on any atom is 0.123 e. The highest BCUT2D eigenvalue weighted by Gasteiger charge is 2.13.